The highest BCUT2D eigenvalue weighted by atomic mass is 35.5. The Labute approximate surface area is 116 Å². The number of nitrogens with two attached hydrogens (primary N) is 1. The van der Waals surface area contributed by atoms with Gasteiger partial charge in [-0.1, -0.05) is 11.6 Å². The van der Waals surface area contributed by atoms with Crippen LogP contribution in [0.15, 0.2) is 18.2 Å². The zero-order chi connectivity index (χ0) is 13.8. The second-order valence-electron chi connectivity index (χ2n) is 4.59. The molecule has 0 radical (unpaired) electrons. The van der Waals surface area contributed by atoms with E-state index in [4.69, 9.17) is 17.3 Å². The number of carbonyl (C=O) groups excluding carboxylic acids is 2. The zero-order valence-corrected chi connectivity index (χ0v) is 11.2. The van der Waals surface area contributed by atoms with Gasteiger partial charge in [-0.25, -0.2) is 0 Å². The summed E-state index contributed by atoms with van der Waals surface area (Å²) in [5.74, 6) is -0.702. The van der Waals surface area contributed by atoms with Gasteiger partial charge in [0.2, 0.25) is 11.8 Å². The fourth-order valence-electron chi connectivity index (χ4n) is 2.11. The molecule has 2 rings (SSSR count). The molecule has 1 atom stereocenters. The summed E-state index contributed by atoms with van der Waals surface area (Å²) in [5, 5.41) is 6.26. The van der Waals surface area contributed by atoms with Gasteiger partial charge in [0.05, 0.1) is 16.5 Å². The van der Waals surface area contributed by atoms with Crippen LogP contribution in [0.5, 0.6) is 0 Å². The van der Waals surface area contributed by atoms with Crippen molar-refractivity contribution < 1.29 is 9.59 Å². The lowest BCUT2D eigenvalue weighted by molar-refractivity contribution is -0.120. The van der Waals surface area contributed by atoms with Gasteiger partial charge in [0.25, 0.3) is 0 Å². The van der Waals surface area contributed by atoms with Crippen LogP contribution in [-0.4, -0.2) is 24.9 Å². The molecular weight excluding hydrogens is 266 g/mol. The molecule has 0 aromatic heterocycles. The van der Waals surface area contributed by atoms with E-state index < -0.39 is 5.91 Å². The summed E-state index contributed by atoms with van der Waals surface area (Å²) in [6.45, 7) is 1.64. The Balaban J connectivity index is 2.08. The van der Waals surface area contributed by atoms with Crippen molar-refractivity contribution in [3.05, 3.63) is 28.8 Å². The smallest absolute Gasteiger partial charge is 0.250 e. The topological polar surface area (TPSA) is 84.2 Å². The molecule has 4 N–H and O–H groups in total. The van der Waals surface area contributed by atoms with Crippen LogP contribution in [0, 0.1) is 5.92 Å². The molecule has 1 aromatic rings. The Kier molecular flexibility index (Phi) is 4.39. The third-order valence-electron chi connectivity index (χ3n) is 3.17. The predicted molar refractivity (Wildman–Crippen MR) is 74.2 cm³/mol. The van der Waals surface area contributed by atoms with Gasteiger partial charge in [0.1, 0.15) is 0 Å². The maximum atomic E-state index is 12.0. The van der Waals surface area contributed by atoms with Gasteiger partial charge >= 0.3 is 0 Å². The van der Waals surface area contributed by atoms with Gasteiger partial charge in [0, 0.05) is 12.2 Å². The minimum atomic E-state index is -0.611. The second-order valence-corrected chi connectivity index (χ2v) is 5.00. The first-order chi connectivity index (χ1) is 9.08. The number of halogens is 1. The molecule has 1 aliphatic heterocycles. The minimum Gasteiger partial charge on any atom is -0.366 e. The molecule has 6 heteroatoms. The van der Waals surface area contributed by atoms with Crippen LogP contribution in [0.25, 0.3) is 0 Å². The number of amides is 2. The maximum Gasteiger partial charge on any atom is 0.250 e. The van der Waals surface area contributed by atoms with Gasteiger partial charge in [-0.2, -0.15) is 0 Å². The molecule has 0 saturated carbocycles. The molecule has 1 saturated heterocycles. The number of hydrogen-bond acceptors (Lipinski definition) is 3. The highest BCUT2D eigenvalue weighted by Crippen LogP contribution is 2.21. The fraction of sp³-hybridized carbons (Fsp3) is 0.385. The Morgan fingerprint density at radius 1 is 1.42 bits per heavy atom. The molecule has 0 aliphatic carbocycles. The average Bonchev–Trinajstić information content (AvgIpc) is 2.41. The Morgan fingerprint density at radius 2 is 2.21 bits per heavy atom. The summed E-state index contributed by atoms with van der Waals surface area (Å²) in [7, 11) is 0. The van der Waals surface area contributed by atoms with Crippen molar-refractivity contribution >= 4 is 29.1 Å². The summed E-state index contributed by atoms with van der Waals surface area (Å²) < 4.78 is 0. The van der Waals surface area contributed by atoms with Crippen LogP contribution >= 0.6 is 11.6 Å². The van der Waals surface area contributed by atoms with Crippen molar-refractivity contribution in [2.75, 3.05) is 18.4 Å². The zero-order valence-electron chi connectivity index (χ0n) is 10.4. The highest BCUT2D eigenvalue weighted by Gasteiger charge is 2.21. The first-order valence-corrected chi connectivity index (χ1v) is 6.56. The molecular formula is C13H16ClN3O2. The number of benzene rings is 1. The summed E-state index contributed by atoms with van der Waals surface area (Å²) >= 11 is 5.85. The third-order valence-corrected chi connectivity index (χ3v) is 3.50. The standard InChI is InChI=1S/C13H16ClN3O2/c14-11-4-3-9(6-10(11)12(15)18)17-13(19)8-2-1-5-16-7-8/h3-4,6,8,16H,1-2,5,7H2,(H2,15,18)(H,17,19). The first-order valence-electron chi connectivity index (χ1n) is 6.19. The predicted octanol–water partition coefficient (Wildman–Crippen LogP) is 1.38. The summed E-state index contributed by atoms with van der Waals surface area (Å²) in [6, 6.07) is 4.71. The molecule has 19 heavy (non-hydrogen) atoms. The number of hydrogen-bond donors (Lipinski definition) is 3. The third kappa shape index (κ3) is 3.45. The van der Waals surface area contributed by atoms with Crippen molar-refractivity contribution in [3.8, 4) is 0 Å². The van der Waals surface area contributed by atoms with Crippen LogP contribution in [0.4, 0.5) is 5.69 Å². The number of nitrogens with one attached hydrogen (secondary N) is 2. The molecule has 1 fully saturated rings. The van der Waals surface area contributed by atoms with E-state index in [0.717, 1.165) is 19.4 Å². The Morgan fingerprint density at radius 3 is 2.84 bits per heavy atom. The van der Waals surface area contributed by atoms with E-state index in [-0.39, 0.29) is 22.4 Å². The van der Waals surface area contributed by atoms with Crippen LogP contribution in [0.3, 0.4) is 0 Å². The lowest BCUT2D eigenvalue weighted by atomic mass is 9.99. The highest BCUT2D eigenvalue weighted by molar-refractivity contribution is 6.34. The van der Waals surface area contributed by atoms with Gasteiger partial charge < -0.3 is 16.4 Å². The van der Waals surface area contributed by atoms with Gasteiger partial charge in [0.15, 0.2) is 0 Å². The molecule has 2 amide bonds. The lowest BCUT2D eigenvalue weighted by Crippen LogP contribution is -2.37. The van der Waals surface area contributed by atoms with E-state index in [1.54, 1.807) is 12.1 Å². The van der Waals surface area contributed by atoms with Crippen molar-refractivity contribution in [3.63, 3.8) is 0 Å². The molecule has 5 nitrogen and oxygen atoms in total. The first kappa shape index (κ1) is 13.8. The normalized spacial score (nSPS) is 18.9. The van der Waals surface area contributed by atoms with E-state index in [1.807, 2.05) is 0 Å². The average molecular weight is 282 g/mol. The molecule has 1 aliphatic rings. The largest absolute Gasteiger partial charge is 0.366 e. The number of piperidine rings is 1. The molecule has 0 bridgehead atoms. The molecule has 0 spiro atoms. The van der Waals surface area contributed by atoms with Gasteiger partial charge in [-0.05, 0) is 37.6 Å². The van der Waals surface area contributed by atoms with Gasteiger partial charge in [-0.15, -0.1) is 0 Å². The number of rotatable bonds is 3. The maximum absolute atomic E-state index is 12.0. The summed E-state index contributed by atoms with van der Waals surface area (Å²) in [6.07, 6.45) is 1.86. The Bertz CT molecular complexity index is 499. The quantitative estimate of drug-likeness (QED) is 0.782. The van der Waals surface area contributed by atoms with Crippen molar-refractivity contribution in [2.45, 2.75) is 12.8 Å². The van der Waals surface area contributed by atoms with Crippen LogP contribution < -0.4 is 16.4 Å². The van der Waals surface area contributed by atoms with Crippen LogP contribution in [-0.2, 0) is 4.79 Å². The number of carbonyl (C=O) groups is 2. The summed E-state index contributed by atoms with van der Waals surface area (Å²) in [5.41, 5.74) is 5.96. The van der Waals surface area contributed by atoms with Crippen LogP contribution in [0.1, 0.15) is 23.2 Å². The monoisotopic (exact) mass is 281 g/mol. The molecule has 1 unspecified atom stereocenters. The Hall–Kier alpha value is -1.59. The molecule has 1 heterocycles. The van der Waals surface area contributed by atoms with Gasteiger partial charge in [-0.3, -0.25) is 9.59 Å². The fourth-order valence-corrected chi connectivity index (χ4v) is 2.32. The van der Waals surface area contributed by atoms with E-state index in [0.29, 0.717) is 12.2 Å². The number of anilines is 1. The van der Waals surface area contributed by atoms with E-state index >= 15 is 0 Å². The minimum absolute atomic E-state index is 0.0403. The number of primary amides is 1. The second kappa shape index (κ2) is 6.04. The van der Waals surface area contributed by atoms with Crippen molar-refractivity contribution in [2.24, 2.45) is 11.7 Å². The summed E-state index contributed by atoms with van der Waals surface area (Å²) in [4.78, 5) is 23.2. The SMILES string of the molecule is NC(=O)c1cc(NC(=O)C2CCCNC2)ccc1Cl. The van der Waals surface area contributed by atoms with Crippen LogP contribution in [0.2, 0.25) is 5.02 Å². The van der Waals surface area contributed by atoms with E-state index in [1.165, 1.54) is 6.07 Å². The van der Waals surface area contributed by atoms with E-state index in [9.17, 15) is 9.59 Å². The lowest BCUT2D eigenvalue weighted by Gasteiger charge is -2.22. The van der Waals surface area contributed by atoms with Crippen molar-refractivity contribution in [1.29, 1.82) is 0 Å². The molecule has 1 aromatic carbocycles. The van der Waals surface area contributed by atoms with E-state index in [2.05, 4.69) is 10.6 Å². The molecule has 102 valence electrons. The van der Waals surface area contributed by atoms with Crippen molar-refractivity contribution in [1.82, 2.24) is 5.32 Å².